The molecule has 0 spiro atoms. The molecule has 0 heterocycles. The molecule has 0 aliphatic carbocycles. The first-order valence-electron chi connectivity index (χ1n) is 5.65. The van der Waals surface area contributed by atoms with Crippen molar-refractivity contribution in [2.24, 2.45) is 5.73 Å². The van der Waals surface area contributed by atoms with Gasteiger partial charge in [0, 0.05) is 22.8 Å². The average molecular weight is 283 g/mol. The second-order valence-corrected chi connectivity index (χ2v) is 5.11. The molecule has 0 radical (unpaired) electrons. The zero-order valence-electron chi connectivity index (χ0n) is 9.95. The van der Waals surface area contributed by atoms with Crippen molar-refractivity contribution < 1.29 is 13.2 Å². The van der Waals surface area contributed by atoms with Gasteiger partial charge < -0.3 is 5.73 Å². The summed E-state index contributed by atoms with van der Waals surface area (Å²) < 4.78 is 39.2. The monoisotopic (exact) mass is 283 g/mol. The Kier molecular flexibility index (Phi) is 4.50. The number of thioether (sulfide) groups is 1. The van der Waals surface area contributed by atoms with E-state index in [0.717, 1.165) is 6.07 Å². The van der Waals surface area contributed by atoms with E-state index in [2.05, 4.69) is 0 Å². The third kappa shape index (κ3) is 3.75. The van der Waals surface area contributed by atoms with Gasteiger partial charge in [0.15, 0.2) is 0 Å². The Balaban J connectivity index is 2.02. The van der Waals surface area contributed by atoms with Gasteiger partial charge in [-0.25, -0.2) is 13.2 Å². The topological polar surface area (TPSA) is 26.0 Å². The summed E-state index contributed by atoms with van der Waals surface area (Å²) in [6, 6.07) is 8.96. The lowest BCUT2D eigenvalue weighted by Crippen LogP contribution is -2.13. The van der Waals surface area contributed by atoms with Crippen LogP contribution in [-0.4, -0.2) is 5.75 Å². The van der Waals surface area contributed by atoms with Crippen LogP contribution in [0, 0.1) is 17.5 Å². The van der Waals surface area contributed by atoms with Crippen molar-refractivity contribution in [3.8, 4) is 0 Å². The minimum absolute atomic E-state index is 0.327. The van der Waals surface area contributed by atoms with Crippen LogP contribution in [0.3, 0.4) is 0 Å². The summed E-state index contributed by atoms with van der Waals surface area (Å²) in [6.45, 7) is 0. The van der Waals surface area contributed by atoms with Gasteiger partial charge in [0.2, 0.25) is 0 Å². The van der Waals surface area contributed by atoms with Crippen molar-refractivity contribution >= 4 is 11.8 Å². The molecular formula is C14H12F3NS. The number of nitrogens with two attached hydrogens (primary N) is 1. The molecule has 1 unspecified atom stereocenters. The fourth-order valence-corrected chi connectivity index (χ4v) is 2.52. The summed E-state index contributed by atoms with van der Waals surface area (Å²) in [6.07, 6.45) is 0. The normalized spacial score (nSPS) is 12.4. The predicted molar refractivity (Wildman–Crippen MR) is 70.4 cm³/mol. The SMILES string of the molecule is NC(CSc1ccc(F)cc1F)c1cccc(F)c1. The molecule has 5 heteroatoms. The van der Waals surface area contributed by atoms with Crippen LogP contribution >= 0.6 is 11.8 Å². The van der Waals surface area contributed by atoms with Crippen molar-refractivity contribution in [1.82, 2.24) is 0 Å². The van der Waals surface area contributed by atoms with Gasteiger partial charge in [0.1, 0.15) is 17.5 Å². The van der Waals surface area contributed by atoms with Crippen molar-refractivity contribution in [2.75, 3.05) is 5.75 Å². The van der Waals surface area contributed by atoms with Gasteiger partial charge in [-0.1, -0.05) is 12.1 Å². The lowest BCUT2D eigenvalue weighted by molar-refractivity contribution is 0.565. The first-order valence-corrected chi connectivity index (χ1v) is 6.64. The van der Waals surface area contributed by atoms with E-state index in [4.69, 9.17) is 5.73 Å². The lowest BCUT2D eigenvalue weighted by Gasteiger charge is -2.12. The Morgan fingerprint density at radius 2 is 1.74 bits per heavy atom. The van der Waals surface area contributed by atoms with Crippen molar-refractivity contribution in [2.45, 2.75) is 10.9 Å². The Hall–Kier alpha value is -1.46. The molecule has 2 aromatic carbocycles. The number of hydrogen-bond acceptors (Lipinski definition) is 2. The fraction of sp³-hybridized carbons (Fsp3) is 0.143. The molecule has 0 amide bonds. The van der Waals surface area contributed by atoms with Crippen molar-refractivity contribution in [3.05, 3.63) is 65.5 Å². The van der Waals surface area contributed by atoms with E-state index in [9.17, 15) is 13.2 Å². The quantitative estimate of drug-likeness (QED) is 0.861. The Labute approximate surface area is 113 Å². The second kappa shape index (κ2) is 6.12. The zero-order chi connectivity index (χ0) is 13.8. The average Bonchev–Trinajstić information content (AvgIpc) is 2.37. The molecule has 0 bridgehead atoms. The van der Waals surface area contributed by atoms with E-state index in [1.165, 1.54) is 36.0 Å². The third-order valence-electron chi connectivity index (χ3n) is 2.59. The fourth-order valence-electron chi connectivity index (χ4n) is 1.61. The molecule has 0 aliphatic heterocycles. The highest BCUT2D eigenvalue weighted by Gasteiger charge is 2.10. The molecule has 0 aliphatic rings. The van der Waals surface area contributed by atoms with Gasteiger partial charge >= 0.3 is 0 Å². The number of benzene rings is 2. The highest BCUT2D eigenvalue weighted by Crippen LogP contribution is 2.26. The van der Waals surface area contributed by atoms with E-state index in [-0.39, 0.29) is 5.82 Å². The Morgan fingerprint density at radius 1 is 1.00 bits per heavy atom. The van der Waals surface area contributed by atoms with E-state index >= 15 is 0 Å². The van der Waals surface area contributed by atoms with E-state index < -0.39 is 17.7 Å². The third-order valence-corrected chi connectivity index (χ3v) is 3.76. The van der Waals surface area contributed by atoms with Crippen molar-refractivity contribution in [3.63, 3.8) is 0 Å². The Morgan fingerprint density at radius 3 is 2.42 bits per heavy atom. The largest absolute Gasteiger partial charge is 0.323 e. The summed E-state index contributed by atoms with van der Waals surface area (Å²) in [5.41, 5.74) is 6.56. The van der Waals surface area contributed by atoms with E-state index in [0.29, 0.717) is 16.2 Å². The molecule has 0 saturated carbocycles. The smallest absolute Gasteiger partial charge is 0.139 e. The standard InChI is InChI=1S/C14H12F3NS/c15-10-3-1-2-9(6-10)13(18)8-19-14-5-4-11(16)7-12(14)17/h1-7,13H,8,18H2. The van der Waals surface area contributed by atoms with Gasteiger partial charge in [0.25, 0.3) is 0 Å². The van der Waals surface area contributed by atoms with Crippen LogP contribution < -0.4 is 5.73 Å². The molecule has 1 nitrogen and oxygen atoms in total. The van der Waals surface area contributed by atoms with E-state index in [1.807, 2.05) is 0 Å². The maximum absolute atomic E-state index is 13.4. The maximum atomic E-state index is 13.4. The van der Waals surface area contributed by atoms with Crippen LogP contribution in [0.5, 0.6) is 0 Å². The second-order valence-electron chi connectivity index (χ2n) is 4.05. The lowest BCUT2D eigenvalue weighted by atomic mass is 10.1. The summed E-state index contributed by atoms with van der Waals surface area (Å²) >= 11 is 1.18. The predicted octanol–water partition coefficient (Wildman–Crippen LogP) is 3.90. The van der Waals surface area contributed by atoms with Crippen LogP contribution in [0.25, 0.3) is 0 Å². The summed E-state index contributed by atoms with van der Waals surface area (Å²) in [5.74, 6) is -1.20. The van der Waals surface area contributed by atoms with Crippen LogP contribution in [0.15, 0.2) is 47.4 Å². The molecule has 0 fully saturated rings. The van der Waals surface area contributed by atoms with Gasteiger partial charge in [-0.15, -0.1) is 11.8 Å². The molecule has 2 aromatic rings. The summed E-state index contributed by atoms with van der Waals surface area (Å²) in [7, 11) is 0. The van der Waals surface area contributed by atoms with Gasteiger partial charge in [-0.2, -0.15) is 0 Å². The molecule has 19 heavy (non-hydrogen) atoms. The number of halogens is 3. The van der Waals surface area contributed by atoms with Gasteiger partial charge in [-0.05, 0) is 29.8 Å². The van der Waals surface area contributed by atoms with Crippen LogP contribution in [0.4, 0.5) is 13.2 Å². The molecule has 2 N–H and O–H groups in total. The molecule has 2 rings (SSSR count). The van der Waals surface area contributed by atoms with Crippen molar-refractivity contribution in [1.29, 1.82) is 0 Å². The molecule has 0 saturated heterocycles. The minimum atomic E-state index is -0.615. The molecular weight excluding hydrogens is 271 g/mol. The molecule has 1 atom stereocenters. The van der Waals surface area contributed by atoms with Crippen LogP contribution in [0.2, 0.25) is 0 Å². The summed E-state index contributed by atoms with van der Waals surface area (Å²) in [5, 5.41) is 0. The number of hydrogen-bond donors (Lipinski definition) is 1. The minimum Gasteiger partial charge on any atom is -0.323 e. The number of rotatable bonds is 4. The summed E-state index contributed by atoms with van der Waals surface area (Å²) in [4.78, 5) is 0.327. The highest BCUT2D eigenvalue weighted by molar-refractivity contribution is 7.99. The molecule has 100 valence electrons. The van der Waals surface area contributed by atoms with Crippen LogP contribution in [-0.2, 0) is 0 Å². The maximum Gasteiger partial charge on any atom is 0.139 e. The zero-order valence-corrected chi connectivity index (χ0v) is 10.8. The van der Waals surface area contributed by atoms with E-state index in [1.54, 1.807) is 12.1 Å². The first kappa shape index (κ1) is 14.0. The first-order chi connectivity index (χ1) is 9.06. The highest BCUT2D eigenvalue weighted by atomic mass is 32.2. The van der Waals surface area contributed by atoms with Gasteiger partial charge in [-0.3, -0.25) is 0 Å². The van der Waals surface area contributed by atoms with Gasteiger partial charge in [0.05, 0.1) is 0 Å². The molecule has 0 aromatic heterocycles. The Bertz CT molecular complexity index is 574. The van der Waals surface area contributed by atoms with Crippen LogP contribution in [0.1, 0.15) is 11.6 Å².